The van der Waals surface area contributed by atoms with E-state index < -0.39 is 0 Å². The summed E-state index contributed by atoms with van der Waals surface area (Å²) in [5.74, 6) is 0.335. The first-order valence-corrected chi connectivity index (χ1v) is 10.1. The number of hydrogen-bond donors (Lipinski definition) is 1. The number of nitrogens with zero attached hydrogens (tertiary/aromatic N) is 3. The topological polar surface area (TPSA) is 77.0 Å². The minimum atomic E-state index is -0.330. The Bertz CT molecular complexity index is 1090. The van der Waals surface area contributed by atoms with E-state index in [-0.39, 0.29) is 12.0 Å². The van der Waals surface area contributed by atoms with E-state index in [9.17, 15) is 4.79 Å². The highest BCUT2D eigenvalue weighted by Crippen LogP contribution is 2.35. The predicted octanol–water partition coefficient (Wildman–Crippen LogP) is 4.77. The molecule has 146 valence electrons. The molecule has 6 nitrogen and oxygen atoms in total. The van der Waals surface area contributed by atoms with Crippen LogP contribution in [0, 0.1) is 6.92 Å². The van der Waals surface area contributed by atoms with E-state index in [0.717, 1.165) is 27.0 Å². The van der Waals surface area contributed by atoms with E-state index in [4.69, 9.17) is 4.74 Å². The number of hydrogen-bond acceptors (Lipinski definition) is 7. The fourth-order valence-corrected chi connectivity index (χ4v) is 4.27. The highest BCUT2D eigenvalue weighted by atomic mass is 32.1. The van der Waals surface area contributed by atoms with Crippen molar-refractivity contribution in [2.45, 2.75) is 19.9 Å². The predicted molar refractivity (Wildman–Crippen MR) is 114 cm³/mol. The van der Waals surface area contributed by atoms with Gasteiger partial charge in [-0.25, -0.2) is 14.8 Å². The monoisotopic (exact) mass is 404 g/mol. The molecule has 0 saturated carbocycles. The molecule has 0 bridgehead atoms. The van der Waals surface area contributed by atoms with Gasteiger partial charge in [-0.3, -0.25) is 4.98 Å². The van der Waals surface area contributed by atoms with Crippen molar-refractivity contribution in [2.24, 2.45) is 0 Å². The van der Waals surface area contributed by atoms with Crippen molar-refractivity contribution in [2.75, 3.05) is 11.9 Å². The van der Waals surface area contributed by atoms with E-state index in [0.29, 0.717) is 17.3 Å². The summed E-state index contributed by atoms with van der Waals surface area (Å²) in [7, 11) is 0. The number of thiophene rings is 1. The van der Waals surface area contributed by atoms with Gasteiger partial charge in [-0.05, 0) is 37.1 Å². The van der Waals surface area contributed by atoms with Gasteiger partial charge in [-0.2, -0.15) is 0 Å². The van der Waals surface area contributed by atoms with E-state index in [2.05, 4.69) is 32.4 Å². The first-order valence-electron chi connectivity index (χ1n) is 9.32. The third-order valence-corrected chi connectivity index (χ3v) is 5.77. The van der Waals surface area contributed by atoms with E-state index in [1.54, 1.807) is 13.1 Å². The summed E-state index contributed by atoms with van der Waals surface area (Å²) in [6.45, 7) is 4.03. The molecule has 0 aliphatic rings. The molecule has 7 heteroatoms. The molecule has 3 heterocycles. The van der Waals surface area contributed by atoms with Crippen molar-refractivity contribution in [3.8, 4) is 0 Å². The van der Waals surface area contributed by atoms with Gasteiger partial charge in [-0.15, -0.1) is 11.3 Å². The van der Waals surface area contributed by atoms with Crippen molar-refractivity contribution in [3.63, 3.8) is 0 Å². The Morgan fingerprint density at radius 3 is 2.62 bits per heavy atom. The summed E-state index contributed by atoms with van der Waals surface area (Å²) in [6, 6.07) is 15.7. The number of rotatable bonds is 6. The molecule has 0 aliphatic carbocycles. The molecular weight excluding hydrogens is 384 g/mol. The van der Waals surface area contributed by atoms with Gasteiger partial charge in [0.2, 0.25) is 0 Å². The molecule has 1 N–H and O–H groups in total. The molecule has 4 aromatic rings. The average Bonchev–Trinajstić information content (AvgIpc) is 3.11. The van der Waals surface area contributed by atoms with Crippen molar-refractivity contribution in [1.82, 2.24) is 15.0 Å². The molecule has 0 amide bonds. The second-order valence-electron chi connectivity index (χ2n) is 6.42. The number of fused-ring (bicyclic) bond motifs is 1. The van der Waals surface area contributed by atoms with Gasteiger partial charge in [-0.1, -0.05) is 36.4 Å². The Balaban J connectivity index is 1.80. The molecule has 4 rings (SSSR count). The molecule has 0 saturated heterocycles. The Morgan fingerprint density at radius 1 is 1.10 bits per heavy atom. The summed E-state index contributed by atoms with van der Waals surface area (Å²) in [6.07, 6.45) is 3.28. The van der Waals surface area contributed by atoms with Gasteiger partial charge in [0.05, 0.1) is 23.7 Å². The molecule has 29 heavy (non-hydrogen) atoms. The average molecular weight is 404 g/mol. The zero-order chi connectivity index (χ0) is 20.2. The third-order valence-electron chi connectivity index (χ3n) is 4.59. The maximum atomic E-state index is 12.3. The molecule has 1 unspecified atom stereocenters. The summed E-state index contributed by atoms with van der Waals surface area (Å²) >= 11 is 1.32. The maximum absolute atomic E-state index is 12.3. The zero-order valence-corrected chi connectivity index (χ0v) is 16.9. The van der Waals surface area contributed by atoms with Gasteiger partial charge < -0.3 is 10.1 Å². The van der Waals surface area contributed by atoms with Crippen LogP contribution >= 0.6 is 11.3 Å². The van der Waals surface area contributed by atoms with Gasteiger partial charge in [0.25, 0.3) is 0 Å². The molecule has 3 aromatic heterocycles. The van der Waals surface area contributed by atoms with Crippen LogP contribution in [0.15, 0.2) is 61.1 Å². The number of ether oxygens (including phenoxy) is 1. The molecule has 1 atom stereocenters. The van der Waals surface area contributed by atoms with Gasteiger partial charge >= 0.3 is 5.97 Å². The van der Waals surface area contributed by atoms with Gasteiger partial charge in [0.15, 0.2) is 0 Å². The number of benzene rings is 1. The fourth-order valence-electron chi connectivity index (χ4n) is 3.23. The van der Waals surface area contributed by atoms with Crippen LogP contribution in [0.2, 0.25) is 0 Å². The SMILES string of the molecule is CCOC(=O)c1sc2ncnc(NC(c3ccccc3)c3ccccn3)c2c1C. The number of carbonyl (C=O) groups is 1. The Kier molecular flexibility index (Phi) is 5.48. The van der Waals surface area contributed by atoms with Crippen molar-refractivity contribution in [1.29, 1.82) is 0 Å². The number of aryl methyl sites for hydroxylation is 1. The minimum absolute atomic E-state index is 0.194. The first-order chi connectivity index (χ1) is 14.2. The second-order valence-corrected chi connectivity index (χ2v) is 7.42. The summed E-state index contributed by atoms with van der Waals surface area (Å²) in [5.41, 5.74) is 2.76. The van der Waals surface area contributed by atoms with E-state index >= 15 is 0 Å². The lowest BCUT2D eigenvalue weighted by atomic mass is 10.0. The quantitative estimate of drug-likeness (QED) is 0.466. The standard InChI is InChI=1S/C22H20N4O2S/c1-3-28-22(27)19-14(2)17-20(24-13-25-21(17)29-19)26-18(15-9-5-4-6-10-15)16-11-7-8-12-23-16/h4-13,18H,3H2,1-2H3,(H,24,25,26). The lowest BCUT2D eigenvalue weighted by Gasteiger charge is -2.20. The van der Waals surface area contributed by atoms with Crippen LogP contribution in [0.3, 0.4) is 0 Å². The van der Waals surface area contributed by atoms with Gasteiger partial charge in [0.1, 0.15) is 21.9 Å². The maximum Gasteiger partial charge on any atom is 0.348 e. The van der Waals surface area contributed by atoms with Crippen molar-refractivity contribution in [3.05, 3.63) is 82.8 Å². The van der Waals surface area contributed by atoms with Crippen LogP contribution in [0.4, 0.5) is 5.82 Å². The highest BCUT2D eigenvalue weighted by Gasteiger charge is 2.22. The van der Waals surface area contributed by atoms with Crippen LogP contribution in [0.25, 0.3) is 10.2 Å². The number of pyridine rings is 1. The highest BCUT2D eigenvalue weighted by molar-refractivity contribution is 7.20. The molecule has 0 radical (unpaired) electrons. The van der Waals surface area contributed by atoms with E-state index in [1.165, 1.54) is 17.7 Å². The number of nitrogens with one attached hydrogen (secondary N) is 1. The number of esters is 1. The first kappa shape index (κ1) is 19.0. The lowest BCUT2D eigenvalue weighted by molar-refractivity contribution is 0.0531. The summed E-state index contributed by atoms with van der Waals surface area (Å²) in [5, 5.41) is 4.35. The van der Waals surface area contributed by atoms with Crippen molar-refractivity contribution < 1.29 is 9.53 Å². The third kappa shape index (κ3) is 3.82. The summed E-state index contributed by atoms with van der Waals surface area (Å²) in [4.78, 5) is 27.0. The number of anilines is 1. The molecule has 0 spiro atoms. The normalized spacial score (nSPS) is 11.9. The zero-order valence-electron chi connectivity index (χ0n) is 16.1. The van der Waals surface area contributed by atoms with Crippen LogP contribution < -0.4 is 5.32 Å². The molecule has 0 aliphatic heterocycles. The van der Waals surface area contributed by atoms with Crippen LogP contribution in [0.1, 0.15) is 39.5 Å². The molecule has 1 aromatic carbocycles. The Morgan fingerprint density at radius 2 is 1.90 bits per heavy atom. The Hall–Kier alpha value is -3.32. The largest absolute Gasteiger partial charge is 0.462 e. The fraction of sp³-hybridized carbons (Fsp3) is 0.182. The lowest BCUT2D eigenvalue weighted by Crippen LogP contribution is -2.15. The van der Waals surface area contributed by atoms with E-state index in [1.807, 2.05) is 43.3 Å². The van der Waals surface area contributed by atoms with Crippen LogP contribution in [-0.2, 0) is 4.74 Å². The molecular formula is C22H20N4O2S. The number of carbonyl (C=O) groups excluding carboxylic acids is 1. The van der Waals surface area contributed by atoms with Crippen molar-refractivity contribution >= 4 is 33.3 Å². The Labute approximate surface area is 172 Å². The number of aromatic nitrogens is 3. The van der Waals surface area contributed by atoms with Gasteiger partial charge in [0, 0.05) is 6.20 Å². The van der Waals surface area contributed by atoms with Crippen LogP contribution in [0.5, 0.6) is 0 Å². The molecule has 0 fully saturated rings. The smallest absolute Gasteiger partial charge is 0.348 e. The van der Waals surface area contributed by atoms with Crippen LogP contribution in [-0.4, -0.2) is 27.5 Å². The minimum Gasteiger partial charge on any atom is -0.462 e. The second kappa shape index (κ2) is 8.36. The summed E-state index contributed by atoms with van der Waals surface area (Å²) < 4.78 is 5.19.